The van der Waals surface area contributed by atoms with Gasteiger partial charge in [-0.25, -0.2) is 0 Å². The predicted molar refractivity (Wildman–Crippen MR) is 115 cm³/mol. The van der Waals surface area contributed by atoms with Crippen LogP contribution in [0.1, 0.15) is 13.8 Å². The Kier molecular flexibility index (Phi) is 5.24. The van der Waals surface area contributed by atoms with Gasteiger partial charge in [-0.3, -0.25) is 0 Å². The first-order valence-corrected chi connectivity index (χ1v) is 19.1. The summed E-state index contributed by atoms with van der Waals surface area (Å²) in [4.78, 5) is 7.39. The summed E-state index contributed by atoms with van der Waals surface area (Å²) >= 11 is -1.99. The molecule has 1 nitrogen and oxygen atoms in total. The topological polar surface area (TPSA) is 4.93 Å². The van der Waals surface area contributed by atoms with Crippen molar-refractivity contribution in [3.63, 3.8) is 0 Å². The quantitative estimate of drug-likeness (QED) is 0.323. The molecular weight excluding hydrogens is 409 g/mol. The zero-order valence-electron chi connectivity index (χ0n) is 15.9. The number of hydrogen-bond donors (Lipinski definition) is 0. The molecule has 0 atom stereocenters. The van der Waals surface area contributed by atoms with Crippen LogP contribution in [0.3, 0.4) is 0 Å². The molecule has 128 valence electrons. The zero-order valence-corrected chi connectivity index (χ0v) is 18.7. The molecule has 25 heavy (non-hydrogen) atoms. The molecule has 0 bridgehead atoms. The van der Waals surface area contributed by atoms with E-state index in [1.807, 2.05) is 13.8 Å². The van der Waals surface area contributed by atoms with E-state index in [1.54, 1.807) is 3.58 Å². The molecule has 0 aliphatic heterocycles. The second-order valence-corrected chi connectivity index (χ2v) is 21.7. The minimum atomic E-state index is -1.99. The van der Waals surface area contributed by atoms with Crippen molar-refractivity contribution in [3.8, 4) is 5.69 Å². The van der Waals surface area contributed by atoms with Crippen molar-refractivity contribution in [3.05, 3.63) is 72.8 Å². The first-order chi connectivity index (χ1) is 12.1. The molecule has 0 unspecified atom stereocenters. The summed E-state index contributed by atoms with van der Waals surface area (Å²) in [6, 6.07) is 26.6. The Morgan fingerprint density at radius 1 is 0.600 bits per heavy atom. The maximum atomic E-state index is 2.46. The molecule has 1 heterocycles. The molecular formula is C23H27NSn. The molecule has 0 radical (unpaired) electrons. The van der Waals surface area contributed by atoms with Crippen molar-refractivity contribution in [1.29, 1.82) is 0 Å². The van der Waals surface area contributed by atoms with E-state index in [0.29, 0.717) is 0 Å². The third kappa shape index (κ3) is 3.35. The summed E-state index contributed by atoms with van der Waals surface area (Å²) in [7, 11) is 0. The van der Waals surface area contributed by atoms with E-state index in [2.05, 4.69) is 92.2 Å². The van der Waals surface area contributed by atoms with Crippen molar-refractivity contribution in [2.45, 2.75) is 28.7 Å². The predicted octanol–water partition coefficient (Wildman–Crippen LogP) is 6.36. The number of hydrogen-bond acceptors (Lipinski definition) is 0. The molecule has 0 amide bonds. The van der Waals surface area contributed by atoms with Crippen LogP contribution in [-0.4, -0.2) is 22.9 Å². The molecule has 0 saturated heterocycles. The van der Waals surface area contributed by atoms with Crippen LogP contribution in [0.25, 0.3) is 27.5 Å². The Morgan fingerprint density at radius 2 is 1.04 bits per heavy atom. The first-order valence-electron chi connectivity index (χ1n) is 9.15. The van der Waals surface area contributed by atoms with Gasteiger partial charge in [0.1, 0.15) is 0 Å². The number of benzene rings is 3. The minimum absolute atomic E-state index is 1.25. The van der Waals surface area contributed by atoms with E-state index in [4.69, 9.17) is 0 Å². The average molecular weight is 436 g/mol. The van der Waals surface area contributed by atoms with Gasteiger partial charge < -0.3 is 0 Å². The summed E-state index contributed by atoms with van der Waals surface area (Å²) in [5.41, 5.74) is 3.81. The van der Waals surface area contributed by atoms with Crippen molar-refractivity contribution in [1.82, 2.24) is 4.57 Å². The van der Waals surface area contributed by atoms with E-state index >= 15 is 0 Å². The number of rotatable bonds is 2. The Balaban J connectivity index is 0.000000880. The summed E-state index contributed by atoms with van der Waals surface area (Å²) in [6.07, 6.45) is 0. The van der Waals surface area contributed by atoms with Gasteiger partial charge in [0.25, 0.3) is 0 Å². The van der Waals surface area contributed by atoms with Crippen molar-refractivity contribution < 1.29 is 0 Å². The van der Waals surface area contributed by atoms with Crippen LogP contribution < -0.4 is 3.58 Å². The van der Waals surface area contributed by atoms with Crippen molar-refractivity contribution in [2.24, 2.45) is 0 Å². The van der Waals surface area contributed by atoms with Crippen LogP contribution in [-0.2, 0) is 0 Å². The molecule has 1 aromatic heterocycles. The maximum absolute atomic E-state index is 2.46. The zero-order chi connectivity index (χ0) is 18.0. The number of nitrogens with zero attached hydrogens (tertiary/aromatic N) is 1. The van der Waals surface area contributed by atoms with Crippen LogP contribution in [0.2, 0.25) is 14.8 Å². The standard InChI is InChI=1S/C18H12N.C2H6.3CH3.Sn/c1-2-8-14(9-3-1)19-17-12-6-4-10-15(17)16-11-5-7-13-18(16)19;1-2;;;;/h2-13H;1-2H3;3*1H3;. The van der Waals surface area contributed by atoms with Crippen LogP contribution >= 0.6 is 0 Å². The molecule has 0 fully saturated rings. The Labute approximate surface area is 155 Å². The third-order valence-corrected chi connectivity index (χ3v) is 10.5. The molecule has 4 aromatic rings. The average Bonchev–Trinajstić information content (AvgIpc) is 2.97. The summed E-state index contributed by atoms with van der Waals surface area (Å²) in [6.45, 7) is 4.00. The SMILES string of the molecule is CC.[CH3][Sn]([CH3])([CH3])[c]1ccc(-n2c3ccccc3c3ccccc32)cc1. The number of para-hydroxylation sites is 2. The second-order valence-electron chi connectivity index (χ2n) is 7.17. The van der Waals surface area contributed by atoms with Gasteiger partial charge in [0.15, 0.2) is 0 Å². The van der Waals surface area contributed by atoms with Crippen LogP contribution in [0.5, 0.6) is 0 Å². The van der Waals surface area contributed by atoms with Crippen molar-refractivity contribution >= 4 is 43.8 Å². The van der Waals surface area contributed by atoms with Gasteiger partial charge in [-0.15, -0.1) is 0 Å². The van der Waals surface area contributed by atoms with Gasteiger partial charge in [0, 0.05) is 0 Å². The Bertz CT molecular complexity index is 935. The van der Waals surface area contributed by atoms with E-state index in [0.717, 1.165) is 0 Å². The second kappa shape index (κ2) is 7.25. The fraction of sp³-hybridized carbons (Fsp3) is 0.217. The molecule has 3 aromatic carbocycles. The number of aromatic nitrogens is 1. The van der Waals surface area contributed by atoms with Crippen LogP contribution in [0.15, 0.2) is 72.8 Å². The molecule has 0 N–H and O–H groups in total. The van der Waals surface area contributed by atoms with Crippen molar-refractivity contribution in [2.75, 3.05) is 0 Å². The molecule has 4 rings (SSSR count). The monoisotopic (exact) mass is 437 g/mol. The number of fused-ring (bicyclic) bond motifs is 3. The van der Waals surface area contributed by atoms with Crippen LogP contribution in [0.4, 0.5) is 0 Å². The summed E-state index contributed by atoms with van der Waals surface area (Å²) in [5, 5.41) is 2.64. The third-order valence-electron chi connectivity index (χ3n) is 4.57. The van der Waals surface area contributed by atoms with E-state index in [-0.39, 0.29) is 0 Å². The van der Waals surface area contributed by atoms with E-state index in [1.165, 1.54) is 27.5 Å². The van der Waals surface area contributed by atoms with Gasteiger partial charge in [-0.2, -0.15) is 0 Å². The molecule has 2 heteroatoms. The summed E-state index contributed by atoms with van der Waals surface area (Å²) < 4.78 is 3.95. The van der Waals surface area contributed by atoms with Crippen LogP contribution in [0, 0.1) is 0 Å². The fourth-order valence-corrected chi connectivity index (χ4v) is 6.64. The van der Waals surface area contributed by atoms with E-state index < -0.39 is 18.4 Å². The fourth-order valence-electron chi connectivity index (χ4n) is 3.31. The van der Waals surface area contributed by atoms with Gasteiger partial charge in [0.2, 0.25) is 0 Å². The van der Waals surface area contributed by atoms with Gasteiger partial charge in [0.05, 0.1) is 0 Å². The van der Waals surface area contributed by atoms with Gasteiger partial charge in [-0.05, 0) is 0 Å². The molecule has 0 aliphatic rings. The molecule has 0 spiro atoms. The summed E-state index contributed by atoms with van der Waals surface area (Å²) in [5.74, 6) is 0. The molecule has 0 saturated carbocycles. The van der Waals surface area contributed by atoms with Gasteiger partial charge in [-0.1, -0.05) is 13.8 Å². The Hall–Kier alpha value is -1.74. The van der Waals surface area contributed by atoms with E-state index in [9.17, 15) is 0 Å². The van der Waals surface area contributed by atoms with Gasteiger partial charge >= 0.3 is 142 Å². The normalized spacial score (nSPS) is 11.4. The molecule has 0 aliphatic carbocycles. The Morgan fingerprint density at radius 3 is 1.48 bits per heavy atom. The first kappa shape index (κ1) is 18.1.